The molecule has 0 radical (unpaired) electrons. The molecule has 1 amide bonds. The van der Waals surface area contributed by atoms with Gasteiger partial charge in [-0.1, -0.05) is 0 Å². The number of nitrogens with two attached hydrogens (primary N) is 1. The number of hydrogen-bond donors (Lipinski definition) is 3. The monoisotopic (exact) mass is 234 g/mol. The average molecular weight is 234 g/mol. The van der Waals surface area contributed by atoms with Crippen LogP contribution in [-0.4, -0.2) is 45.4 Å². The van der Waals surface area contributed by atoms with Crippen LogP contribution in [-0.2, 0) is 14.4 Å². The Bertz CT molecular complexity index is 291. The first-order valence-corrected chi connectivity index (χ1v) is 4.85. The van der Waals surface area contributed by atoms with E-state index in [-0.39, 0.29) is 5.91 Å². The predicted molar refractivity (Wildman–Crippen MR) is 53.8 cm³/mol. The van der Waals surface area contributed by atoms with E-state index in [4.69, 9.17) is 15.9 Å². The number of hydrogen-bond acceptors (Lipinski definition) is 5. The maximum absolute atomic E-state index is 10.0. The SMILES string of the molecule is NC(CC(=O)O)C(=O)O.O=C1CSC=N1. The predicted octanol–water partition coefficient (Wildman–Crippen LogP) is -0.839. The minimum absolute atomic E-state index is 0.0139. The topological polar surface area (TPSA) is 130 Å². The van der Waals surface area contributed by atoms with Gasteiger partial charge >= 0.3 is 11.9 Å². The molecule has 7 nitrogen and oxygen atoms in total. The minimum atomic E-state index is -1.29. The lowest BCUT2D eigenvalue weighted by molar-refractivity contribution is -0.144. The smallest absolute Gasteiger partial charge is 0.321 e. The van der Waals surface area contributed by atoms with Crippen molar-refractivity contribution in [3.8, 4) is 0 Å². The number of thioether (sulfide) groups is 1. The van der Waals surface area contributed by atoms with Crippen LogP contribution >= 0.6 is 11.8 Å². The Balaban J connectivity index is 0.000000280. The molecular formula is C7H10N2O5S. The lowest BCUT2D eigenvalue weighted by Crippen LogP contribution is -2.32. The zero-order valence-electron chi connectivity index (χ0n) is 7.62. The van der Waals surface area contributed by atoms with Crippen molar-refractivity contribution in [1.29, 1.82) is 0 Å². The second-order valence-electron chi connectivity index (χ2n) is 2.48. The maximum atomic E-state index is 10.0. The van der Waals surface area contributed by atoms with Crippen LogP contribution in [0.3, 0.4) is 0 Å². The number of nitrogens with zero attached hydrogens (tertiary/aromatic N) is 1. The summed E-state index contributed by atoms with van der Waals surface area (Å²) in [4.78, 5) is 33.1. The van der Waals surface area contributed by atoms with E-state index < -0.39 is 24.4 Å². The number of carbonyl (C=O) groups is 3. The highest BCUT2D eigenvalue weighted by Gasteiger charge is 2.14. The van der Waals surface area contributed by atoms with Crippen molar-refractivity contribution in [1.82, 2.24) is 0 Å². The number of aliphatic carboxylic acids is 2. The molecule has 4 N–H and O–H groups in total. The van der Waals surface area contributed by atoms with E-state index in [2.05, 4.69) is 4.99 Å². The van der Waals surface area contributed by atoms with Gasteiger partial charge in [0, 0.05) is 0 Å². The van der Waals surface area contributed by atoms with Crippen molar-refractivity contribution in [3.05, 3.63) is 0 Å². The van der Waals surface area contributed by atoms with Gasteiger partial charge in [0.15, 0.2) is 0 Å². The van der Waals surface area contributed by atoms with Crippen molar-refractivity contribution < 1.29 is 24.6 Å². The molecule has 1 aliphatic heterocycles. The zero-order valence-corrected chi connectivity index (χ0v) is 8.44. The molecule has 0 spiro atoms. The van der Waals surface area contributed by atoms with Crippen molar-refractivity contribution in [2.75, 3.05) is 5.75 Å². The summed E-state index contributed by atoms with van der Waals surface area (Å²) < 4.78 is 0. The number of aliphatic imine (C=N–C) groups is 1. The Hall–Kier alpha value is -1.41. The second-order valence-corrected chi connectivity index (χ2v) is 3.31. The van der Waals surface area contributed by atoms with Crippen molar-refractivity contribution >= 4 is 35.2 Å². The molecule has 1 unspecified atom stereocenters. The number of carbonyl (C=O) groups excluding carboxylic acids is 1. The summed E-state index contributed by atoms with van der Waals surface area (Å²) in [6, 6.07) is -1.29. The van der Waals surface area contributed by atoms with Gasteiger partial charge in [-0.2, -0.15) is 0 Å². The first-order chi connectivity index (χ1) is 6.93. The molecule has 1 rings (SSSR count). The van der Waals surface area contributed by atoms with Gasteiger partial charge in [-0.15, -0.1) is 11.8 Å². The van der Waals surface area contributed by atoms with Crippen molar-refractivity contribution in [2.24, 2.45) is 10.7 Å². The van der Waals surface area contributed by atoms with Crippen LogP contribution in [0.15, 0.2) is 4.99 Å². The van der Waals surface area contributed by atoms with E-state index in [9.17, 15) is 14.4 Å². The van der Waals surface area contributed by atoms with Crippen LogP contribution in [0.1, 0.15) is 6.42 Å². The van der Waals surface area contributed by atoms with Crippen molar-refractivity contribution in [2.45, 2.75) is 12.5 Å². The number of rotatable bonds is 3. The Labute approximate surface area is 89.4 Å². The largest absolute Gasteiger partial charge is 0.481 e. The Morgan fingerprint density at radius 1 is 1.60 bits per heavy atom. The molecule has 8 heteroatoms. The lowest BCUT2D eigenvalue weighted by Gasteiger charge is -1.99. The van der Waals surface area contributed by atoms with Gasteiger partial charge in [0.05, 0.1) is 17.7 Å². The zero-order chi connectivity index (χ0) is 11.8. The molecule has 0 saturated carbocycles. The first kappa shape index (κ1) is 13.6. The van der Waals surface area contributed by atoms with E-state index >= 15 is 0 Å². The van der Waals surface area contributed by atoms with E-state index in [0.29, 0.717) is 5.75 Å². The van der Waals surface area contributed by atoms with Crippen LogP contribution in [0, 0.1) is 0 Å². The maximum Gasteiger partial charge on any atom is 0.321 e. The second kappa shape index (κ2) is 6.96. The molecule has 15 heavy (non-hydrogen) atoms. The standard InChI is InChI=1S/C4H7NO4.C3H3NOS/c5-2(4(8)9)1-3(6)7;5-3-1-6-2-4-3/h2H,1,5H2,(H,6,7)(H,8,9);2H,1H2. The van der Waals surface area contributed by atoms with Gasteiger partial charge in [-0.3, -0.25) is 14.4 Å². The molecule has 0 aromatic heterocycles. The summed E-state index contributed by atoms with van der Waals surface area (Å²) in [6.45, 7) is 0. The van der Waals surface area contributed by atoms with E-state index in [0.717, 1.165) is 0 Å². The highest BCUT2D eigenvalue weighted by Crippen LogP contribution is 2.02. The molecule has 84 valence electrons. The molecule has 0 fully saturated rings. The van der Waals surface area contributed by atoms with Gasteiger partial charge < -0.3 is 15.9 Å². The quantitative estimate of drug-likeness (QED) is 0.580. The van der Waals surface area contributed by atoms with Crippen LogP contribution < -0.4 is 5.73 Å². The van der Waals surface area contributed by atoms with Gasteiger partial charge in [0.25, 0.3) is 5.91 Å². The third kappa shape index (κ3) is 7.65. The molecule has 0 aromatic carbocycles. The highest BCUT2D eigenvalue weighted by molar-refractivity contribution is 8.13. The summed E-state index contributed by atoms with van der Waals surface area (Å²) in [7, 11) is 0. The third-order valence-corrected chi connectivity index (χ3v) is 1.86. The lowest BCUT2D eigenvalue weighted by atomic mass is 10.2. The van der Waals surface area contributed by atoms with Crippen LogP contribution in [0.5, 0.6) is 0 Å². The van der Waals surface area contributed by atoms with Gasteiger partial charge in [-0.25, -0.2) is 4.99 Å². The number of carboxylic acids is 2. The molecule has 0 saturated heterocycles. The summed E-state index contributed by atoms with van der Waals surface area (Å²) in [5.74, 6) is -1.97. The summed E-state index contributed by atoms with van der Waals surface area (Å²) >= 11 is 1.44. The van der Waals surface area contributed by atoms with Crippen molar-refractivity contribution in [3.63, 3.8) is 0 Å². The average Bonchev–Trinajstić information content (AvgIpc) is 2.55. The molecule has 1 aliphatic rings. The van der Waals surface area contributed by atoms with Gasteiger partial charge in [0.1, 0.15) is 6.04 Å². The molecule has 1 atom stereocenters. The normalized spacial score (nSPS) is 15.4. The van der Waals surface area contributed by atoms with E-state index in [1.54, 1.807) is 5.55 Å². The Morgan fingerprint density at radius 2 is 2.20 bits per heavy atom. The minimum Gasteiger partial charge on any atom is -0.481 e. The number of amides is 1. The fourth-order valence-electron chi connectivity index (χ4n) is 0.517. The molecular weight excluding hydrogens is 224 g/mol. The van der Waals surface area contributed by atoms with Crippen LogP contribution in [0.25, 0.3) is 0 Å². The molecule has 0 aromatic rings. The molecule has 1 heterocycles. The fourth-order valence-corrected chi connectivity index (χ4v) is 1.00. The van der Waals surface area contributed by atoms with Crippen LogP contribution in [0.4, 0.5) is 0 Å². The summed E-state index contributed by atoms with van der Waals surface area (Å²) in [6.07, 6.45) is -0.532. The first-order valence-electron chi connectivity index (χ1n) is 3.80. The Kier molecular flexibility index (Phi) is 6.30. The summed E-state index contributed by atoms with van der Waals surface area (Å²) in [5, 5.41) is 16.0. The Morgan fingerprint density at radius 3 is 2.33 bits per heavy atom. The van der Waals surface area contributed by atoms with E-state index in [1.807, 2.05) is 0 Å². The molecule has 0 aliphatic carbocycles. The van der Waals surface area contributed by atoms with Gasteiger partial charge in [-0.05, 0) is 0 Å². The third-order valence-electron chi connectivity index (χ3n) is 1.19. The highest BCUT2D eigenvalue weighted by atomic mass is 32.2. The summed E-state index contributed by atoms with van der Waals surface area (Å²) in [5.41, 5.74) is 6.41. The molecule has 0 bridgehead atoms. The fraction of sp³-hybridized carbons (Fsp3) is 0.429. The number of carboxylic acid groups (broad SMARTS) is 2. The van der Waals surface area contributed by atoms with E-state index in [1.165, 1.54) is 11.8 Å². The van der Waals surface area contributed by atoms with Crippen LogP contribution in [0.2, 0.25) is 0 Å². The van der Waals surface area contributed by atoms with Gasteiger partial charge in [0.2, 0.25) is 0 Å².